The van der Waals surface area contributed by atoms with E-state index in [0.29, 0.717) is 28.5 Å². The van der Waals surface area contributed by atoms with Crippen LogP contribution in [0.4, 0.5) is 11.4 Å². The number of ether oxygens (including phenoxy) is 2. The zero-order valence-corrected chi connectivity index (χ0v) is 11.0. The molecule has 0 fully saturated rings. The molecule has 0 aliphatic carbocycles. The third kappa shape index (κ3) is 3.38. The molecule has 4 N–H and O–H groups in total. The maximum absolute atomic E-state index is 11.9. The Morgan fingerprint density at radius 2 is 1.90 bits per heavy atom. The Morgan fingerprint density at radius 1 is 1.20 bits per heavy atom. The average Bonchev–Trinajstić information content (AvgIpc) is 2.44. The Morgan fingerprint density at radius 3 is 2.55 bits per heavy atom. The number of esters is 1. The molecule has 0 atom stereocenters. The number of nitrogens with zero attached hydrogens (tertiary/aromatic N) is 1. The number of nitrogen functional groups attached to an aromatic ring is 2. The van der Waals surface area contributed by atoms with Crippen LogP contribution in [0, 0.1) is 0 Å². The molecule has 0 unspecified atom stereocenters. The van der Waals surface area contributed by atoms with Crippen LogP contribution in [0.2, 0.25) is 0 Å². The second-order valence-electron chi connectivity index (χ2n) is 4.14. The van der Waals surface area contributed by atoms with Crippen molar-refractivity contribution in [3.05, 3.63) is 47.7 Å². The lowest BCUT2D eigenvalue weighted by Crippen LogP contribution is -2.07. The molecule has 0 aliphatic heterocycles. The summed E-state index contributed by atoms with van der Waals surface area (Å²) >= 11 is 0. The molecule has 0 saturated carbocycles. The number of carbonyl (C=O) groups is 1. The number of nitrogens with two attached hydrogens (primary N) is 2. The SMILES string of the molecule is COc1cccc(COC(=O)c2cc(N)cc(N)c2)n1. The maximum atomic E-state index is 11.9. The molecule has 104 valence electrons. The van der Waals surface area contributed by atoms with Crippen molar-refractivity contribution in [3.63, 3.8) is 0 Å². The highest BCUT2D eigenvalue weighted by Gasteiger charge is 2.09. The van der Waals surface area contributed by atoms with Gasteiger partial charge in [0.05, 0.1) is 18.4 Å². The summed E-state index contributed by atoms with van der Waals surface area (Å²) < 4.78 is 10.1. The van der Waals surface area contributed by atoms with Crippen molar-refractivity contribution in [3.8, 4) is 5.88 Å². The first-order valence-corrected chi connectivity index (χ1v) is 5.91. The van der Waals surface area contributed by atoms with Gasteiger partial charge in [-0.05, 0) is 24.3 Å². The molecule has 2 aromatic rings. The number of rotatable bonds is 4. The number of carbonyl (C=O) groups excluding carboxylic acids is 1. The minimum Gasteiger partial charge on any atom is -0.481 e. The Bertz CT molecular complexity index is 609. The second-order valence-corrected chi connectivity index (χ2v) is 4.14. The number of methoxy groups -OCH3 is 1. The van der Waals surface area contributed by atoms with Crippen molar-refractivity contribution < 1.29 is 14.3 Å². The number of benzene rings is 1. The molecule has 6 heteroatoms. The van der Waals surface area contributed by atoms with E-state index in [1.807, 2.05) is 0 Å². The summed E-state index contributed by atoms with van der Waals surface area (Å²) in [7, 11) is 1.52. The molecule has 0 bridgehead atoms. The first kappa shape index (κ1) is 13.7. The summed E-state index contributed by atoms with van der Waals surface area (Å²) in [5.74, 6) is -0.0413. The van der Waals surface area contributed by atoms with E-state index in [1.54, 1.807) is 24.3 Å². The standard InChI is InChI=1S/C14H15N3O3/c1-19-13-4-2-3-12(17-13)8-20-14(18)9-5-10(15)7-11(16)6-9/h2-7H,8,15-16H2,1H3. The number of aromatic nitrogens is 1. The van der Waals surface area contributed by atoms with Crippen molar-refractivity contribution in [2.75, 3.05) is 18.6 Å². The minimum absolute atomic E-state index is 0.0464. The Labute approximate surface area is 116 Å². The average molecular weight is 273 g/mol. The predicted molar refractivity (Wildman–Crippen MR) is 75.2 cm³/mol. The van der Waals surface area contributed by atoms with E-state index in [2.05, 4.69) is 4.98 Å². The fourth-order valence-corrected chi connectivity index (χ4v) is 1.67. The topological polar surface area (TPSA) is 100 Å². The second kappa shape index (κ2) is 5.92. The normalized spacial score (nSPS) is 10.1. The van der Waals surface area contributed by atoms with Gasteiger partial charge in [-0.3, -0.25) is 0 Å². The number of anilines is 2. The largest absolute Gasteiger partial charge is 0.481 e. The van der Waals surface area contributed by atoms with Crippen LogP contribution < -0.4 is 16.2 Å². The number of hydrogen-bond acceptors (Lipinski definition) is 6. The maximum Gasteiger partial charge on any atom is 0.338 e. The summed E-state index contributed by atoms with van der Waals surface area (Å²) in [5, 5.41) is 0. The van der Waals surface area contributed by atoms with Crippen molar-refractivity contribution in [1.29, 1.82) is 0 Å². The molecule has 1 aromatic carbocycles. The van der Waals surface area contributed by atoms with Gasteiger partial charge in [-0.2, -0.15) is 0 Å². The van der Waals surface area contributed by atoms with Gasteiger partial charge < -0.3 is 20.9 Å². The predicted octanol–water partition coefficient (Wildman–Crippen LogP) is 1.61. The molecule has 6 nitrogen and oxygen atoms in total. The summed E-state index contributed by atoms with van der Waals surface area (Å²) in [6, 6.07) is 9.82. The van der Waals surface area contributed by atoms with Crippen molar-refractivity contribution in [2.45, 2.75) is 6.61 Å². The Hall–Kier alpha value is -2.76. The van der Waals surface area contributed by atoms with E-state index in [4.69, 9.17) is 20.9 Å². The summed E-state index contributed by atoms with van der Waals surface area (Å²) in [6.07, 6.45) is 0. The van der Waals surface area contributed by atoms with Crippen LogP contribution in [0.1, 0.15) is 16.1 Å². The molecule has 1 heterocycles. The van der Waals surface area contributed by atoms with E-state index in [9.17, 15) is 4.79 Å². The fourth-order valence-electron chi connectivity index (χ4n) is 1.67. The first-order valence-electron chi connectivity index (χ1n) is 5.91. The molecule has 0 amide bonds. The summed E-state index contributed by atoms with van der Waals surface area (Å²) in [4.78, 5) is 16.0. The third-order valence-corrected chi connectivity index (χ3v) is 2.55. The van der Waals surface area contributed by atoms with E-state index >= 15 is 0 Å². The van der Waals surface area contributed by atoms with E-state index in [-0.39, 0.29) is 6.61 Å². The van der Waals surface area contributed by atoms with Crippen molar-refractivity contribution >= 4 is 17.3 Å². The van der Waals surface area contributed by atoms with Gasteiger partial charge in [0.25, 0.3) is 0 Å². The smallest absolute Gasteiger partial charge is 0.338 e. The molecular weight excluding hydrogens is 258 g/mol. The zero-order chi connectivity index (χ0) is 14.5. The van der Waals surface area contributed by atoms with Crippen LogP contribution in [0.3, 0.4) is 0 Å². The monoisotopic (exact) mass is 273 g/mol. The molecule has 0 saturated heterocycles. The van der Waals surface area contributed by atoms with Gasteiger partial charge in [0, 0.05) is 17.4 Å². The van der Waals surface area contributed by atoms with Crippen LogP contribution in [0.25, 0.3) is 0 Å². The highest BCUT2D eigenvalue weighted by molar-refractivity contribution is 5.91. The Kier molecular flexibility index (Phi) is 4.05. The molecule has 1 aromatic heterocycles. The quantitative estimate of drug-likeness (QED) is 0.648. The highest BCUT2D eigenvalue weighted by atomic mass is 16.5. The van der Waals surface area contributed by atoms with Crippen LogP contribution >= 0.6 is 0 Å². The van der Waals surface area contributed by atoms with E-state index in [0.717, 1.165) is 0 Å². The summed E-state index contributed by atoms with van der Waals surface area (Å²) in [6.45, 7) is 0.0464. The first-order chi connectivity index (χ1) is 9.58. The van der Waals surface area contributed by atoms with Gasteiger partial charge in [-0.1, -0.05) is 6.07 Å². The lowest BCUT2D eigenvalue weighted by Gasteiger charge is -2.07. The molecule has 2 rings (SSSR count). The number of pyridine rings is 1. The van der Waals surface area contributed by atoms with Gasteiger partial charge in [-0.15, -0.1) is 0 Å². The highest BCUT2D eigenvalue weighted by Crippen LogP contribution is 2.15. The third-order valence-electron chi connectivity index (χ3n) is 2.55. The van der Waals surface area contributed by atoms with Crippen molar-refractivity contribution in [1.82, 2.24) is 4.98 Å². The van der Waals surface area contributed by atoms with Gasteiger partial charge in [0.15, 0.2) is 0 Å². The van der Waals surface area contributed by atoms with E-state index < -0.39 is 5.97 Å². The van der Waals surface area contributed by atoms with Crippen LogP contribution in [0.15, 0.2) is 36.4 Å². The molecular formula is C14H15N3O3. The fraction of sp³-hybridized carbons (Fsp3) is 0.143. The Balaban J connectivity index is 2.04. The van der Waals surface area contributed by atoms with Crippen LogP contribution in [-0.2, 0) is 11.3 Å². The van der Waals surface area contributed by atoms with E-state index in [1.165, 1.54) is 19.2 Å². The van der Waals surface area contributed by atoms with Gasteiger partial charge in [-0.25, -0.2) is 9.78 Å². The summed E-state index contributed by atoms with van der Waals surface area (Å²) in [5.41, 5.74) is 13.0. The molecule has 0 radical (unpaired) electrons. The van der Waals surface area contributed by atoms with Gasteiger partial charge in [0.1, 0.15) is 6.61 Å². The lowest BCUT2D eigenvalue weighted by molar-refractivity contribution is 0.0467. The minimum atomic E-state index is -0.506. The van der Waals surface area contributed by atoms with Crippen LogP contribution in [0.5, 0.6) is 5.88 Å². The van der Waals surface area contributed by atoms with Crippen LogP contribution in [-0.4, -0.2) is 18.1 Å². The number of hydrogen-bond donors (Lipinski definition) is 2. The molecule has 20 heavy (non-hydrogen) atoms. The van der Waals surface area contributed by atoms with Gasteiger partial charge >= 0.3 is 5.97 Å². The van der Waals surface area contributed by atoms with Crippen molar-refractivity contribution in [2.24, 2.45) is 0 Å². The zero-order valence-electron chi connectivity index (χ0n) is 11.0. The lowest BCUT2D eigenvalue weighted by atomic mass is 10.2. The van der Waals surface area contributed by atoms with Gasteiger partial charge in [0.2, 0.25) is 5.88 Å². The molecule has 0 aliphatic rings. The molecule has 0 spiro atoms.